The van der Waals surface area contributed by atoms with Gasteiger partial charge in [-0.15, -0.1) is 5.10 Å². The molecule has 0 radical (unpaired) electrons. The Morgan fingerprint density at radius 2 is 2.04 bits per heavy atom. The first-order chi connectivity index (χ1) is 13.1. The maximum Gasteiger partial charge on any atom is 0.338 e. The van der Waals surface area contributed by atoms with Gasteiger partial charge < -0.3 is 9.47 Å². The molecule has 27 heavy (non-hydrogen) atoms. The molecule has 0 fully saturated rings. The lowest BCUT2D eigenvalue weighted by molar-refractivity contribution is 0.0530. The topological polar surface area (TPSA) is 77.1 Å². The largest absolute Gasteiger partial charge is 0.486 e. The second kappa shape index (κ2) is 9.43. The number of carbonyl (C=O) groups excluding carboxylic acids is 1. The fourth-order valence-corrected chi connectivity index (χ4v) is 2.94. The quantitative estimate of drug-likeness (QED) is 0.343. The average Bonchev–Trinajstić information content (AvgIpc) is 3.14. The Balaban J connectivity index is 1.40. The van der Waals surface area contributed by atoms with E-state index in [1.165, 1.54) is 11.8 Å². The third kappa shape index (κ3) is 5.74. The van der Waals surface area contributed by atoms with Crippen molar-refractivity contribution in [2.24, 2.45) is 0 Å². The third-order valence-electron chi connectivity index (χ3n) is 3.57. The summed E-state index contributed by atoms with van der Waals surface area (Å²) in [6.45, 7) is 2.48. The molecule has 3 rings (SSSR count). The molecule has 3 aromatic rings. The Hall–Kier alpha value is -2.51. The van der Waals surface area contributed by atoms with E-state index in [-0.39, 0.29) is 19.2 Å². The van der Waals surface area contributed by atoms with Crippen LogP contribution < -0.4 is 4.74 Å². The molecular weight excluding hydrogens is 386 g/mol. The number of hydrogen-bond donors (Lipinski definition) is 1. The van der Waals surface area contributed by atoms with Crippen LogP contribution in [0.3, 0.4) is 0 Å². The normalized spacial score (nSPS) is 10.6. The Bertz CT molecular complexity index is 902. The first-order valence-corrected chi connectivity index (χ1v) is 9.63. The van der Waals surface area contributed by atoms with Crippen molar-refractivity contribution in [1.82, 2.24) is 15.2 Å². The number of nitrogens with one attached hydrogen (secondary N) is 1. The number of aromatic nitrogens is 3. The van der Waals surface area contributed by atoms with Gasteiger partial charge in [0.2, 0.25) is 5.16 Å². The van der Waals surface area contributed by atoms with Crippen LogP contribution in [0.15, 0.2) is 53.7 Å². The maximum absolute atomic E-state index is 11.8. The molecule has 0 spiro atoms. The summed E-state index contributed by atoms with van der Waals surface area (Å²) in [6, 6.07) is 14.4. The standard InChI is InChI=1S/C19H18ClN3O3S/c1-13-11-15(7-8-16(13)20)26-12-17-21-19(23-22-17)27-10-9-25-18(24)14-5-3-2-4-6-14/h2-8,11H,9-10,12H2,1H3,(H,21,22,23). The van der Waals surface area contributed by atoms with Crippen molar-refractivity contribution in [2.45, 2.75) is 18.7 Å². The summed E-state index contributed by atoms with van der Waals surface area (Å²) in [4.78, 5) is 16.2. The zero-order chi connectivity index (χ0) is 19.1. The number of halogens is 1. The monoisotopic (exact) mass is 403 g/mol. The number of nitrogens with zero attached hydrogens (tertiary/aromatic N) is 2. The molecule has 0 saturated heterocycles. The summed E-state index contributed by atoms with van der Waals surface area (Å²) in [5.74, 6) is 1.56. The van der Waals surface area contributed by atoms with E-state index in [0.29, 0.717) is 27.3 Å². The molecule has 0 saturated carbocycles. The van der Waals surface area contributed by atoms with Crippen LogP contribution >= 0.6 is 23.4 Å². The van der Waals surface area contributed by atoms with E-state index in [9.17, 15) is 4.79 Å². The van der Waals surface area contributed by atoms with Crippen LogP contribution in [-0.4, -0.2) is 33.5 Å². The molecule has 0 aliphatic rings. The predicted molar refractivity (Wildman–Crippen MR) is 104 cm³/mol. The van der Waals surface area contributed by atoms with Crippen LogP contribution in [0, 0.1) is 6.92 Å². The van der Waals surface area contributed by atoms with Gasteiger partial charge in [-0.1, -0.05) is 41.6 Å². The van der Waals surface area contributed by atoms with E-state index in [0.717, 1.165) is 11.3 Å². The zero-order valence-electron chi connectivity index (χ0n) is 14.6. The highest BCUT2D eigenvalue weighted by Gasteiger charge is 2.08. The second-order valence-electron chi connectivity index (χ2n) is 5.61. The number of ether oxygens (including phenoxy) is 2. The molecule has 140 valence electrons. The van der Waals surface area contributed by atoms with E-state index in [2.05, 4.69) is 15.2 Å². The van der Waals surface area contributed by atoms with E-state index in [4.69, 9.17) is 21.1 Å². The molecule has 0 atom stereocenters. The van der Waals surface area contributed by atoms with Crippen molar-refractivity contribution >= 4 is 29.3 Å². The number of aryl methyl sites for hydroxylation is 1. The number of rotatable bonds is 8. The molecule has 1 heterocycles. The van der Waals surface area contributed by atoms with Crippen molar-refractivity contribution in [3.63, 3.8) is 0 Å². The minimum atomic E-state index is -0.335. The lowest BCUT2D eigenvalue weighted by atomic mass is 10.2. The SMILES string of the molecule is Cc1cc(OCc2nc(SCCOC(=O)c3ccccc3)n[nH]2)ccc1Cl. The van der Waals surface area contributed by atoms with Gasteiger partial charge in [-0.3, -0.25) is 5.10 Å². The Labute approximate surface area is 166 Å². The molecule has 1 N–H and O–H groups in total. The van der Waals surface area contributed by atoms with Gasteiger partial charge in [0.15, 0.2) is 5.82 Å². The van der Waals surface area contributed by atoms with Crippen molar-refractivity contribution in [3.05, 3.63) is 70.5 Å². The predicted octanol–water partition coefficient (Wildman–Crippen LogP) is 4.29. The highest BCUT2D eigenvalue weighted by atomic mass is 35.5. The molecule has 6 nitrogen and oxygen atoms in total. The Morgan fingerprint density at radius 1 is 1.22 bits per heavy atom. The lowest BCUT2D eigenvalue weighted by Crippen LogP contribution is -2.07. The van der Waals surface area contributed by atoms with Gasteiger partial charge in [-0.25, -0.2) is 9.78 Å². The second-order valence-corrected chi connectivity index (χ2v) is 7.08. The third-order valence-corrected chi connectivity index (χ3v) is 4.81. The fourth-order valence-electron chi connectivity index (χ4n) is 2.19. The molecule has 0 aliphatic heterocycles. The highest BCUT2D eigenvalue weighted by Crippen LogP contribution is 2.21. The number of carbonyl (C=O) groups is 1. The number of thioether (sulfide) groups is 1. The van der Waals surface area contributed by atoms with Crippen LogP contribution in [0.2, 0.25) is 5.02 Å². The number of aromatic amines is 1. The van der Waals surface area contributed by atoms with E-state index in [1.54, 1.807) is 30.3 Å². The molecule has 8 heteroatoms. The molecule has 1 aromatic heterocycles. The zero-order valence-corrected chi connectivity index (χ0v) is 16.2. The molecular formula is C19H18ClN3O3S. The van der Waals surface area contributed by atoms with Gasteiger partial charge in [0, 0.05) is 10.8 Å². The van der Waals surface area contributed by atoms with Crippen LogP contribution in [0.25, 0.3) is 0 Å². The minimum absolute atomic E-state index is 0.275. The van der Waals surface area contributed by atoms with E-state index in [1.807, 2.05) is 25.1 Å². The summed E-state index contributed by atoms with van der Waals surface area (Å²) in [5, 5.41) is 8.24. The summed E-state index contributed by atoms with van der Waals surface area (Å²) in [7, 11) is 0. The average molecular weight is 404 g/mol. The highest BCUT2D eigenvalue weighted by molar-refractivity contribution is 7.99. The minimum Gasteiger partial charge on any atom is -0.486 e. The first kappa shape index (κ1) is 19.3. The summed E-state index contributed by atoms with van der Waals surface area (Å²) >= 11 is 7.40. The van der Waals surface area contributed by atoms with Crippen LogP contribution in [-0.2, 0) is 11.3 Å². The van der Waals surface area contributed by atoms with E-state index >= 15 is 0 Å². The smallest absolute Gasteiger partial charge is 0.338 e. The van der Waals surface area contributed by atoms with Crippen LogP contribution in [0.4, 0.5) is 0 Å². The Morgan fingerprint density at radius 3 is 2.81 bits per heavy atom. The maximum atomic E-state index is 11.8. The van der Waals surface area contributed by atoms with Gasteiger partial charge in [0.1, 0.15) is 19.0 Å². The van der Waals surface area contributed by atoms with Gasteiger partial charge in [0.25, 0.3) is 0 Å². The van der Waals surface area contributed by atoms with E-state index < -0.39 is 0 Å². The van der Waals surface area contributed by atoms with Crippen molar-refractivity contribution in [2.75, 3.05) is 12.4 Å². The summed E-state index contributed by atoms with van der Waals surface area (Å²) < 4.78 is 10.9. The van der Waals surface area contributed by atoms with Gasteiger partial charge >= 0.3 is 5.97 Å². The number of H-pyrrole nitrogens is 1. The summed E-state index contributed by atoms with van der Waals surface area (Å²) in [5.41, 5.74) is 1.49. The molecule has 0 aliphatic carbocycles. The number of hydrogen-bond acceptors (Lipinski definition) is 6. The molecule has 2 aromatic carbocycles. The fraction of sp³-hybridized carbons (Fsp3) is 0.211. The van der Waals surface area contributed by atoms with Gasteiger partial charge in [0.05, 0.1) is 5.56 Å². The van der Waals surface area contributed by atoms with Crippen LogP contribution in [0.5, 0.6) is 5.75 Å². The molecule has 0 unspecified atom stereocenters. The molecule has 0 bridgehead atoms. The molecule has 0 amide bonds. The lowest BCUT2D eigenvalue weighted by Gasteiger charge is -2.05. The van der Waals surface area contributed by atoms with Gasteiger partial charge in [-0.2, -0.15) is 0 Å². The number of esters is 1. The van der Waals surface area contributed by atoms with Gasteiger partial charge in [-0.05, 0) is 42.8 Å². The van der Waals surface area contributed by atoms with Crippen LogP contribution in [0.1, 0.15) is 21.7 Å². The van der Waals surface area contributed by atoms with Crippen molar-refractivity contribution in [3.8, 4) is 5.75 Å². The number of benzene rings is 2. The first-order valence-electron chi connectivity index (χ1n) is 8.27. The van der Waals surface area contributed by atoms with Crippen molar-refractivity contribution < 1.29 is 14.3 Å². The summed E-state index contributed by atoms with van der Waals surface area (Å²) in [6.07, 6.45) is 0. The Kier molecular flexibility index (Phi) is 6.73. The van der Waals surface area contributed by atoms with Crippen molar-refractivity contribution in [1.29, 1.82) is 0 Å².